The summed E-state index contributed by atoms with van der Waals surface area (Å²) in [6, 6.07) is 15.2. The molecule has 1 atom stereocenters. The van der Waals surface area contributed by atoms with Crippen molar-refractivity contribution in [3.63, 3.8) is 0 Å². The molecule has 1 aromatic carbocycles. The van der Waals surface area contributed by atoms with Crippen LogP contribution in [-0.4, -0.2) is 62.8 Å². The lowest BCUT2D eigenvalue weighted by atomic mass is 10.0. The van der Waals surface area contributed by atoms with Crippen LogP contribution < -0.4 is 5.32 Å². The summed E-state index contributed by atoms with van der Waals surface area (Å²) in [4.78, 5) is 43.7. The highest BCUT2D eigenvalue weighted by Gasteiger charge is 2.20. The number of hydrogen-bond acceptors (Lipinski definition) is 7. The van der Waals surface area contributed by atoms with Gasteiger partial charge in [0.05, 0.1) is 11.4 Å². The van der Waals surface area contributed by atoms with Gasteiger partial charge in [0.2, 0.25) is 5.95 Å². The fourth-order valence-electron chi connectivity index (χ4n) is 4.49. The van der Waals surface area contributed by atoms with Crippen LogP contribution >= 0.6 is 0 Å². The zero-order valence-electron chi connectivity index (χ0n) is 20.8. The van der Waals surface area contributed by atoms with Crippen molar-refractivity contribution in [2.45, 2.75) is 26.2 Å². The molecule has 9 nitrogen and oxygen atoms in total. The average molecular weight is 499 g/mol. The van der Waals surface area contributed by atoms with E-state index in [2.05, 4.69) is 25.3 Å². The number of aromatic nitrogens is 4. The van der Waals surface area contributed by atoms with E-state index in [1.54, 1.807) is 12.4 Å². The lowest BCUT2D eigenvalue weighted by molar-refractivity contribution is -0.124. The number of benzene rings is 1. The molecule has 0 saturated carbocycles. The summed E-state index contributed by atoms with van der Waals surface area (Å²) in [5, 5.41) is 4.16. The molecule has 2 N–H and O–H groups in total. The molecule has 5 rings (SSSR count). The second-order valence-corrected chi connectivity index (χ2v) is 9.43. The Morgan fingerprint density at radius 1 is 1.08 bits per heavy atom. The summed E-state index contributed by atoms with van der Waals surface area (Å²) in [6.45, 7) is 3.88. The zero-order valence-corrected chi connectivity index (χ0v) is 20.8. The number of carbonyl (C=O) groups excluding carboxylic acids is 2. The molecule has 4 aromatic rings. The Hall–Kier alpha value is -4.11. The molecule has 190 valence electrons. The Balaban J connectivity index is 1.31. The number of carbonyl (C=O) groups is 2. The van der Waals surface area contributed by atoms with E-state index in [0.29, 0.717) is 44.2 Å². The highest BCUT2D eigenvalue weighted by atomic mass is 16.5. The van der Waals surface area contributed by atoms with Crippen LogP contribution in [0.1, 0.15) is 36.7 Å². The Kier molecular flexibility index (Phi) is 7.51. The van der Waals surface area contributed by atoms with E-state index in [0.717, 1.165) is 34.4 Å². The maximum Gasteiger partial charge on any atom is 0.270 e. The fourth-order valence-corrected chi connectivity index (χ4v) is 4.49. The Labute approximate surface area is 215 Å². The summed E-state index contributed by atoms with van der Waals surface area (Å²) in [5.74, 6) is 0.753. The number of hydrogen-bond donors (Lipinski definition) is 2. The number of amides is 1. The molecule has 37 heavy (non-hydrogen) atoms. The van der Waals surface area contributed by atoms with E-state index in [1.165, 1.54) is 0 Å². The molecule has 1 fully saturated rings. The molecule has 1 aliphatic heterocycles. The minimum Gasteiger partial charge on any atom is -0.374 e. The molecule has 1 unspecified atom stereocenters. The average Bonchev–Trinajstić information content (AvgIpc) is 3.32. The first-order chi connectivity index (χ1) is 18.0. The van der Waals surface area contributed by atoms with Gasteiger partial charge in [0, 0.05) is 55.1 Å². The highest BCUT2D eigenvalue weighted by Crippen LogP contribution is 2.24. The molecule has 1 amide bonds. The van der Waals surface area contributed by atoms with Crippen molar-refractivity contribution in [3.8, 4) is 11.4 Å². The van der Waals surface area contributed by atoms with Gasteiger partial charge in [-0.15, -0.1) is 0 Å². The molecule has 0 spiro atoms. The zero-order chi connectivity index (χ0) is 25.6. The third-order valence-corrected chi connectivity index (χ3v) is 6.43. The first kappa shape index (κ1) is 24.6. The van der Waals surface area contributed by atoms with Crippen LogP contribution in [0.3, 0.4) is 0 Å². The van der Waals surface area contributed by atoms with Gasteiger partial charge in [0.15, 0.2) is 5.78 Å². The molecular formula is C28H30N6O3. The van der Waals surface area contributed by atoms with E-state index in [9.17, 15) is 9.59 Å². The van der Waals surface area contributed by atoms with Crippen molar-refractivity contribution >= 4 is 34.2 Å². The Bertz CT molecular complexity index is 1390. The number of pyridine rings is 1. The molecule has 9 heteroatoms. The summed E-state index contributed by atoms with van der Waals surface area (Å²) in [7, 11) is 0. The van der Waals surface area contributed by atoms with Gasteiger partial charge in [-0.2, -0.15) is 0 Å². The van der Waals surface area contributed by atoms with Crippen molar-refractivity contribution in [1.82, 2.24) is 24.8 Å². The van der Waals surface area contributed by atoms with Gasteiger partial charge < -0.3 is 19.9 Å². The number of nitrogens with one attached hydrogen (secondary N) is 2. The molecule has 0 radical (unpaired) electrons. The topological polar surface area (TPSA) is 113 Å². The quantitative estimate of drug-likeness (QED) is 0.422. The van der Waals surface area contributed by atoms with Gasteiger partial charge in [-0.05, 0) is 61.2 Å². The molecule has 0 bridgehead atoms. The molecule has 1 saturated heterocycles. The van der Waals surface area contributed by atoms with E-state index in [4.69, 9.17) is 4.74 Å². The summed E-state index contributed by atoms with van der Waals surface area (Å²) in [6.07, 6.45) is 5.39. The first-order valence-electron chi connectivity index (χ1n) is 12.6. The van der Waals surface area contributed by atoms with Crippen LogP contribution in [0.2, 0.25) is 0 Å². The van der Waals surface area contributed by atoms with Crippen molar-refractivity contribution in [2.24, 2.45) is 5.92 Å². The van der Waals surface area contributed by atoms with Crippen molar-refractivity contribution in [2.75, 3.05) is 31.6 Å². The number of aromatic amines is 1. The predicted octanol–water partition coefficient (Wildman–Crippen LogP) is 4.61. The monoisotopic (exact) mass is 498 g/mol. The molecule has 1 aliphatic rings. The minimum atomic E-state index is -0.0464. The second-order valence-electron chi connectivity index (χ2n) is 9.43. The highest BCUT2D eigenvalue weighted by molar-refractivity contribution is 5.98. The largest absolute Gasteiger partial charge is 0.374 e. The SMILES string of the molecule is CC1CCN(C(=O)c2cc3cc(Nc4nccc(-c5ccccn5)n4)ccc3[nH]2)CCCOCC(=O)C1. The number of rotatable bonds is 4. The fraction of sp³-hybridized carbons (Fsp3) is 0.321. The maximum absolute atomic E-state index is 13.4. The van der Waals surface area contributed by atoms with Crippen LogP contribution in [0, 0.1) is 5.92 Å². The number of H-pyrrole nitrogens is 1. The number of anilines is 2. The third kappa shape index (κ3) is 6.18. The lowest BCUT2D eigenvalue weighted by Crippen LogP contribution is -2.34. The van der Waals surface area contributed by atoms with Crippen molar-refractivity contribution < 1.29 is 14.3 Å². The van der Waals surface area contributed by atoms with E-state index in [1.807, 2.05) is 60.4 Å². The molecule has 0 aliphatic carbocycles. The number of nitrogens with zero attached hydrogens (tertiary/aromatic N) is 4. The van der Waals surface area contributed by atoms with Gasteiger partial charge in [-0.3, -0.25) is 14.6 Å². The number of ketones is 1. The van der Waals surface area contributed by atoms with Crippen LogP contribution in [0.25, 0.3) is 22.3 Å². The molecular weight excluding hydrogens is 468 g/mol. The van der Waals surface area contributed by atoms with E-state index in [-0.39, 0.29) is 24.2 Å². The number of Topliss-reactive ketones (excluding diaryl/α,β-unsaturated/α-hetero) is 1. The maximum atomic E-state index is 13.4. The number of ether oxygens (including phenoxy) is 1. The van der Waals surface area contributed by atoms with Crippen molar-refractivity contribution in [3.05, 3.63) is 66.6 Å². The molecule has 4 heterocycles. The summed E-state index contributed by atoms with van der Waals surface area (Å²) >= 11 is 0. The summed E-state index contributed by atoms with van der Waals surface area (Å²) in [5.41, 5.74) is 3.73. The van der Waals surface area contributed by atoms with Crippen molar-refractivity contribution in [1.29, 1.82) is 0 Å². The van der Waals surface area contributed by atoms with Crippen LogP contribution in [0.15, 0.2) is 60.9 Å². The van der Waals surface area contributed by atoms with Gasteiger partial charge in [-0.25, -0.2) is 9.97 Å². The van der Waals surface area contributed by atoms with Gasteiger partial charge in [-0.1, -0.05) is 13.0 Å². The van der Waals surface area contributed by atoms with Crippen LogP contribution in [0.5, 0.6) is 0 Å². The van der Waals surface area contributed by atoms with Crippen LogP contribution in [0.4, 0.5) is 11.6 Å². The Morgan fingerprint density at radius 2 is 2.00 bits per heavy atom. The van der Waals surface area contributed by atoms with Gasteiger partial charge >= 0.3 is 0 Å². The minimum absolute atomic E-state index is 0.0464. The second kappa shape index (κ2) is 11.3. The lowest BCUT2D eigenvalue weighted by Gasteiger charge is -2.23. The van der Waals surface area contributed by atoms with Crippen LogP contribution in [-0.2, 0) is 9.53 Å². The van der Waals surface area contributed by atoms with Gasteiger partial charge in [0.1, 0.15) is 12.3 Å². The first-order valence-corrected chi connectivity index (χ1v) is 12.6. The predicted molar refractivity (Wildman–Crippen MR) is 142 cm³/mol. The number of fused-ring (bicyclic) bond motifs is 1. The normalized spacial score (nSPS) is 17.4. The standard InChI is InChI=1S/C28H30N6O3/c1-19-9-13-34(12-4-14-37-18-22(35)15-19)27(36)26-17-20-16-21(6-7-23(20)32-26)31-28-30-11-8-25(33-28)24-5-2-3-10-29-24/h2-3,5-8,10-11,16-17,19,32H,4,9,12-15,18H2,1H3,(H,30,31,33). The van der Waals surface area contributed by atoms with E-state index >= 15 is 0 Å². The molecule has 3 aromatic heterocycles. The smallest absolute Gasteiger partial charge is 0.270 e. The Morgan fingerprint density at radius 3 is 2.86 bits per heavy atom. The van der Waals surface area contributed by atoms with Gasteiger partial charge in [0.25, 0.3) is 5.91 Å². The van der Waals surface area contributed by atoms with E-state index < -0.39 is 0 Å². The third-order valence-electron chi connectivity index (χ3n) is 6.43. The summed E-state index contributed by atoms with van der Waals surface area (Å²) < 4.78 is 5.49.